The molecule has 1 aliphatic rings. The van der Waals surface area contributed by atoms with Gasteiger partial charge in [-0.2, -0.15) is 0 Å². The molecule has 0 saturated carbocycles. The van der Waals surface area contributed by atoms with Gasteiger partial charge in [0.15, 0.2) is 0 Å². The number of nitrogens with one attached hydrogen (secondary N) is 1. The molecule has 1 aromatic rings. The smallest absolute Gasteiger partial charge is 0.0645 e. The molecule has 4 nitrogen and oxygen atoms in total. The first-order valence-electron chi connectivity index (χ1n) is 11.7. The molecule has 0 saturated heterocycles. The van der Waals surface area contributed by atoms with E-state index in [-0.39, 0.29) is 18.6 Å². The summed E-state index contributed by atoms with van der Waals surface area (Å²) < 4.78 is 5.76. The van der Waals surface area contributed by atoms with E-state index in [1.54, 1.807) is 0 Å². The van der Waals surface area contributed by atoms with Crippen molar-refractivity contribution in [1.82, 2.24) is 5.32 Å². The van der Waals surface area contributed by atoms with Gasteiger partial charge in [-0.1, -0.05) is 67.8 Å². The van der Waals surface area contributed by atoms with Gasteiger partial charge in [-0.3, -0.25) is 0 Å². The van der Waals surface area contributed by atoms with Gasteiger partial charge < -0.3 is 20.3 Å². The maximum absolute atomic E-state index is 9.78. The standard InChI is InChI=1S/C26H41NO3/c28-21-25-15-11-16-26(20-25,23-29)22-27-17-8-1-2-9-18-30-19-10-4-7-14-24-12-5-3-6-13-24/h3,5-6,11-13,15-16,27-29H,1-2,4,7-10,14,17-23H2. The van der Waals surface area contributed by atoms with Gasteiger partial charge in [-0.15, -0.1) is 0 Å². The molecular formula is C26H41NO3. The number of benzene rings is 1. The fourth-order valence-electron chi connectivity index (χ4n) is 3.95. The third-order valence-electron chi connectivity index (χ3n) is 5.85. The summed E-state index contributed by atoms with van der Waals surface area (Å²) in [6, 6.07) is 10.7. The van der Waals surface area contributed by atoms with Gasteiger partial charge in [-0.25, -0.2) is 0 Å². The van der Waals surface area contributed by atoms with Crippen molar-refractivity contribution >= 4 is 0 Å². The SMILES string of the molecule is OCC1=CC=CC(CO)(CNCCCCCCOCCCCCc2ccccc2)C1. The maximum Gasteiger partial charge on any atom is 0.0645 e. The number of hydrogen-bond acceptors (Lipinski definition) is 4. The van der Waals surface area contributed by atoms with Gasteiger partial charge in [0.25, 0.3) is 0 Å². The van der Waals surface area contributed by atoms with Gasteiger partial charge in [0.2, 0.25) is 0 Å². The minimum absolute atomic E-state index is 0.0713. The van der Waals surface area contributed by atoms with Crippen LogP contribution in [0.15, 0.2) is 54.1 Å². The van der Waals surface area contributed by atoms with E-state index >= 15 is 0 Å². The average Bonchev–Trinajstić information content (AvgIpc) is 2.80. The third-order valence-corrected chi connectivity index (χ3v) is 5.85. The Kier molecular flexibility index (Phi) is 12.7. The molecule has 1 unspecified atom stereocenters. The summed E-state index contributed by atoms with van der Waals surface area (Å²) in [7, 11) is 0. The first-order chi connectivity index (χ1) is 14.8. The molecule has 0 amide bonds. The minimum Gasteiger partial charge on any atom is -0.395 e. The van der Waals surface area contributed by atoms with Crippen molar-refractivity contribution in [1.29, 1.82) is 0 Å². The number of ether oxygens (including phenoxy) is 1. The molecule has 4 heteroatoms. The topological polar surface area (TPSA) is 61.7 Å². The highest BCUT2D eigenvalue weighted by Gasteiger charge is 2.28. The Labute approximate surface area is 183 Å². The third kappa shape index (κ3) is 10.0. The van der Waals surface area contributed by atoms with Crippen molar-refractivity contribution in [3.63, 3.8) is 0 Å². The zero-order chi connectivity index (χ0) is 21.3. The largest absolute Gasteiger partial charge is 0.395 e. The first kappa shape index (κ1) is 24.8. The molecule has 0 bridgehead atoms. The monoisotopic (exact) mass is 415 g/mol. The molecule has 168 valence electrons. The summed E-state index contributed by atoms with van der Waals surface area (Å²) in [5, 5.41) is 22.6. The Morgan fingerprint density at radius 1 is 0.900 bits per heavy atom. The van der Waals surface area contributed by atoms with Crippen LogP contribution >= 0.6 is 0 Å². The number of unbranched alkanes of at least 4 members (excludes halogenated alkanes) is 5. The van der Waals surface area contributed by atoms with Crippen molar-refractivity contribution < 1.29 is 14.9 Å². The number of aliphatic hydroxyl groups excluding tert-OH is 2. The lowest BCUT2D eigenvalue weighted by Crippen LogP contribution is -2.37. The quantitative estimate of drug-likeness (QED) is 0.330. The number of allylic oxidation sites excluding steroid dienone is 2. The zero-order valence-electron chi connectivity index (χ0n) is 18.5. The fourth-order valence-corrected chi connectivity index (χ4v) is 3.95. The lowest BCUT2D eigenvalue weighted by Gasteiger charge is -2.32. The van der Waals surface area contributed by atoms with Crippen LogP contribution in [0.25, 0.3) is 0 Å². The predicted octanol–water partition coefficient (Wildman–Crippen LogP) is 4.42. The molecular weight excluding hydrogens is 374 g/mol. The van der Waals surface area contributed by atoms with Crippen LogP contribution in [0.5, 0.6) is 0 Å². The Balaban J connectivity index is 1.36. The number of hydrogen-bond donors (Lipinski definition) is 3. The zero-order valence-corrected chi connectivity index (χ0v) is 18.5. The van der Waals surface area contributed by atoms with Crippen molar-refractivity contribution in [3.8, 4) is 0 Å². The van der Waals surface area contributed by atoms with E-state index in [0.29, 0.717) is 0 Å². The van der Waals surface area contributed by atoms with Gasteiger partial charge in [0.1, 0.15) is 0 Å². The summed E-state index contributed by atoms with van der Waals surface area (Å²) >= 11 is 0. The second-order valence-electron chi connectivity index (χ2n) is 8.54. The van der Waals surface area contributed by atoms with E-state index in [4.69, 9.17) is 4.74 Å². The molecule has 0 aromatic heterocycles. The number of aliphatic hydroxyl groups is 2. The van der Waals surface area contributed by atoms with Gasteiger partial charge >= 0.3 is 0 Å². The average molecular weight is 416 g/mol. The summed E-state index contributed by atoms with van der Waals surface area (Å²) in [6.45, 7) is 3.66. The van der Waals surface area contributed by atoms with Crippen LogP contribution in [0.1, 0.15) is 56.9 Å². The molecule has 0 fully saturated rings. The van der Waals surface area contributed by atoms with Crippen molar-refractivity contribution in [2.24, 2.45) is 5.41 Å². The highest BCUT2D eigenvalue weighted by Crippen LogP contribution is 2.30. The summed E-state index contributed by atoms with van der Waals surface area (Å²) in [6.07, 6.45) is 16.2. The molecule has 0 heterocycles. The Morgan fingerprint density at radius 2 is 1.63 bits per heavy atom. The molecule has 1 aromatic carbocycles. The lowest BCUT2D eigenvalue weighted by atomic mass is 9.79. The highest BCUT2D eigenvalue weighted by atomic mass is 16.5. The molecule has 2 rings (SSSR count). The van der Waals surface area contributed by atoms with Crippen LogP contribution in [0.3, 0.4) is 0 Å². The Morgan fingerprint density at radius 3 is 2.37 bits per heavy atom. The van der Waals surface area contributed by atoms with Crippen LogP contribution in [0.4, 0.5) is 0 Å². The van der Waals surface area contributed by atoms with Crippen LogP contribution in [0, 0.1) is 5.41 Å². The van der Waals surface area contributed by atoms with E-state index in [9.17, 15) is 10.2 Å². The Hall–Kier alpha value is -1.46. The van der Waals surface area contributed by atoms with Crippen LogP contribution in [-0.2, 0) is 11.2 Å². The molecule has 3 N–H and O–H groups in total. The van der Waals surface area contributed by atoms with Crippen molar-refractivity contribution in [2.45, 2.75) is 57.8 Å². The molecule has 30 heavy (non-hydrogen) atoms. The normalized spacial score (nSPS) is 18.5. The minimum atomic E-state index is -0.262. The van der Waals surface area contributed by atoms with Crippen molar-refractivity contribution in [3.05, 3.63) is 59.7 Å². The van der Waals surface area contributed by atoms with E-state index in [2.05, 4.69) is 41.7 Å². The van der Waals surface area contributed by atoms with Gasteiger partial charge in [0, 0.05) is 25.2 Å². The highest BCUT2D eigenvalue weighted by molar-refractivity contribution is 5.24. The maximum atomic E-state index is 9.78. The summed E-state index contributed by atoms with van der Waals surface area (Å²) in [5.41, 5.74) is 2.16. The van der Waals surface area contributed by atoms with E-state index in [1.165, 1.54) is 37.7 Å². The van der Waals surface area contributed by atoms with Crippen molar-refractivity contribution in [2.75, 3.05) is 39.5 Å². The predicted molar refractivity (Wildman–Crippen MR) is 125 cm³/mol. The molecule has 0 spiro atoms. The number of aryl methyl sites for hydroxylation is 1. The second kappa shape index (κ2) is 15.4. The Bertz CT molecular complexity index is 614. The molecule has 0 radical (unpaired) electrons. The van der Waals surface area contributed by atoms with Gasteiger partial charge in [-0.05, 0) is 56.2 Å². The van der Waals surface area contributed by atoms with E-state index < -0.39 is 0 Å². The molecule has 1 aliphatic carbocycles. The van der Waals surface area contributed by atoms with Crippen LogP contribution in [0.2, 0.25) is 0 Å². The van der Waals surface area contributed by atoms with Crippen LogP contribution in [-0.4, -0.2) is 49.7 Å². The van der Waals surface area contributed by atoms with Crippen LogP contribution < -0.4 is 5.32 Å². The first-order valence-corrected chi connectivity index (χ1v) is 11.7. The molecule has 1 atom stereocenters. The fraction of sp³-hybridized carbons (Fsp3) is 0.615. The van der Waals surface area contributed by atoms with Gasteiger partial charge in [0.05, 0.1) is 13.2 Å². The van der Waals surface area contributed by atoms with E-state index in [1.807, 2.05) is 12.2 Å². The summed E-state index contributed by atoms with van der Waals surface area (Å²) in [4.78, 5) is 0. The summed E-state index contributed by atoms with van der Waals surface area (Å²) in [5.74, 6) is 0. The van der Waals surface area contributed by atoms with E-state index in [0.717, 1.165) is 57.6 Å². The molecule has 0 aliphatic heterocycles. The lowest BCUT2D eigenvalue weighted by molar-refractivity contribution is 0.126. The second-order valence-corrected chi connectivity index (χ2v) is 8.54. The number of rotatable bonds is 17.